The van der Waals surface area contributed by atoms with Crippen molar-refractivity contribution in [3.8, 4) is 0 Å². The second kappa shape index (κ2) is 2.82. The lowest BCUT2D eigenvalue weighted by molar-refractivity contribution is 0.316. The molecule has 3 nitrogen and oxygen atoms in total. The number of rotatable bonds is 2. The average molecular weight is 141 g/mol. The number of nitrogens with one attached hydrogen (secondary N) is 2. The van der Waals surface area contributed by atoms with Crippen molar-refractivity contribution in [1.82, 2.24) is 15.5 Å². The van der Waals surface area contributed by atoms with Crippen LogP contribution in [0.2, 0.25) is 0 Å². The molecule has 0 aromatic heterocycles. The van der Waals surface area contributed by atoms with Crippen LogP contribution < -0.4 is 10.6 Å². The molecule has 3 heteroatoms. The maximum absolute atomic E-state index is 3.25. The summed E-state index contributed by atoms with van der Waals surface area (Å²) >= 11 is 0. The van der Waals surface area contributed by atoms with Crippen LogP contribution in [-0.2, 0) is 0 Å². The van der Waals surface area contributed by atoms with Gasteiger partial charge in [-0.2, -0.15) is 0 Å². The molecule has 0 aromatic rings. The first-order valence-corrected chi connectivity index (χ1v) is 3.68. The van der Waals surface area contributed by atoms with Gasteiger partial charge in [-0.25, -0.2) is 0 Å². The molecule has 0 aliphatic carbocycles. The first kappa shape index (κ1) is 7.25. The van der Waals surface area contributed by atoms with Gasteiger partial charge in [0.1, 0.15) is 5.82 Å². The lowest BCUT2D eigenvalue weighted by Crippen LogP contribution is -2.34. The molecular formula is C7H15N3. The monoisotopic (exact) mass is 141 g/mol. The molecule has 0 aromatic carbocycles. The van der Waals surface area contributed by atoms with Gasteiger partial charge in [0.2, 0.25) is 0 Å². The van der Waals surface area contributed by atoms with Crippen LogP contribution in [0.5, 0.6) is 0 Å². The zero-order valence-corrected chi connectivity index (χ0v) is 6.81. The highest BCUT2D eigenvalue weighted by Crippen LogP contribution is 2.06. The smallest absolute Gasteiger partial charge is 0.119 e. The van der Waals surface area contributed by atoms with Gasteiger partial charge in [-0.05, 0) is 13.8 Å². The second-order valence-electron chi connectivity index (χ2n) is 2.51. The second-order valence-corrected chi connectivity index (χ2v) is 2.51. The zero-order chi connectivity index (χ0) is 7.56. The Kier molecular flexibility index (Phi) is 2.04. The average Bonchev–Trinajstić information content (AvgIpc) is 2.20. The van der Waals surface area contributed by atoms with Crippen molar-refractivity contribution < 1.29 is 0 Å². The minimum absolute atomic E-state index is 0.425. The Morgan fingerprint density at radius 1 is 1.80 bits per heavy atom. The summed E-state index contributed by atoms with van der Waals surface area (Å²) in [5, 5.41) is 6.45. The summed E-state index contributed by atoms with van der Waals surface area (Å²) in [6.45, 7) is 5.20. The molecule has 1 atom stereocenters. The van der Waals surface area contributed by atoms with Gasteiger partial charge in [0.25, 0.3) is 0 Å². The molecule has 1 aliphatic heterocycles. The van der Waals surface area contributed by atoms with Crippen molar-refractivity contribution in [3.63, 3.8) is 0 Å². The van der Waals surface area contributed by atoms with Crippen LogP contribution in [0.15, 0.2) is 12.0 Å². The molecule has 1 aliphatic rings. The predicted molar refractivity (Wildman–Crippen MR) is 42.1 cm³/mol. The lowest BCUT2D eigenvalue weighted by Gasteiger charge is -2.21. The van der Waals surface area contributed by atoms with E-state index in [2.05, 4.69) is 36.4 Å². The first-order valence-electron chi connectivity index (χ1n) is 3.68. The Morgan fingerprint density at radius 2 is 2.50 bits per heavy atom. The molecule has 0 radical (unpaired) electrons. The fourth-order valence-electron chi connectivity index (χ4n) is 0.979. The van der Waals surface area contributed by atoms with E-state index < -0.39 is 0 Å². The highest BCUT2D eigenvalue weighted by atomic mass is 15.4. The van der Waals surface area contributed by atoms with Crippen LogP contribution in [0.3, 0.4) is 0 Å². The van der Waals surface area contributed by atoms with Crippen molar-refractivity contribution in [2.45, 2.75) is 20.0 Å². The van der Waals surface area contributed by atoms with E-state index in [4.69, 9.17) is 0 Å². The molecule has 1 heterocycles. The van der Waals surface area contributed by atoms with Gasteiger partial charge in [0, 0.05) is 19.8 Å². The molecule has 10 heavy (non-hydrogen) atoms. The third-order valence-electron chi connectivity index (χ3n) is 1.78. The van der Waals surface area contributed by atoms with Crippen molar-refractivity contribution >= 4 is 0 Å². The number of hydrogen-bond acceptors (Lipinski definition) is 3. The van der Waals surface area contributed by atoms with E-state index in [0.29, 0.717) is 6.17 Å². The first-order chi connectivity index (χ1) is 4.75. The SMILES string of the molecule is CCNC1=CNC(C)N1C. The van der Waals surface area contributed by atoms with E-state index in [-0.39, 0.29) is 0 Å². The topological polar surface area (TPSA) is 27.3 Å². The van der Waals surface area contributed by atoms with Crippen LogP contribution in [0, 0.1) is 0 Å². The molecule has 2 N–H and O–H groups in total. The normalized spacial score (nSPS) is 24.1. The Bertz CT molecular complexity index is 142. The van der Waals surface area contributed by atoms with E-state index in [9.17, 15) is 0 Å². The van der Waals surface area contributed by atoms with Crippen LogP contribution in [-0.4, -0.2) is 24.7 Å². The Morgan fingerprint density at radius 3 is 2.90 bits per heavy atom. The van der Waals surface area contributed by atoms with Gasteiger partial charge in [-0.3, -0.25) is 0 Å². The maximum atomic E-state index is 3.25. The summed E-state index contributed by atoms with van der Waals surface area (Å²) in [6, 6.07) is 0. The highest BCUT2D eigenvalue weighted by molar-refractivity contribution is 5.04. The fraction of sp³-hybridized carbons (Fsp3) is 0.714. The van der Waals surface area contributed by atoms with Crippen molar-refractivity contribution in [1.29, 1.82) is 0 Å². The van der Waals surface area contributed by atoms with Crippen LogP contribution in [0.4, 0.5) is 0 Å². The van der Waals surface area contributed by atoms with Crippen LogP contribution in [0.25, 0.3) is 0 Å². The quantitative estimate of drug-likeness (QED) is 0.578. The van der Waals surface area contributed by atoms with Crippen molar-refractivity contribution in [2.75, 3.05) is 13.6 Å². The molecule has 0 bridgehead atoms. The summed E-state index contributed by atoms with van der Waals surface area (Å²) < 4.78 is 0. The number of nitrogens with zero attached hydrogens (tertiary/aromatic N) is 1. The highest BCUT2D eigenvalue weighted by Gasteiger charge is 2.15. The molecule has 0 saturated carbocycles. The Balaban J connectivity index is 2.46. The van der Waals surface area contributed by atoms with Gasteiger partial charge in [0.05, 0.1) is 6.17 Å². The number of hydrogen-bond donors (Lipinski definition) is 2. The van der Waals surface area contributed by atoms with Crippen molar-refractivity contribution in [2.24, 2.45) is 0 Å². The van der Waals surface area contributed by atoms with Crippen molar-refractivity contribution in [3.05, 3.63) is 12.0 Å². The molecule has 0 spiro atoms. The zero-order valence-electron chi connectivity index (χ0n) is 6.81. The van der Waals surface area contributed by atoms with E-state index in [1.54, 1.807) is 0 Å². The third kappa shape index (κ3) is 1.17. The Hall–Kier alpha value is -0.860. The summed E-state index contributed by atoms with van der Waals surface area (Å²) in [7, 11) is 2.07. The summed E-state index contributed by atoms with van der Waals surface area (Å²) in [6.07, 6.45) is 2.43. The van der Waals surface area contributed by atoms with E-state index in [1.165, 1.54) is 5.82 Å². The fourth-order valence-corrected chi connectivity index (χ4v) is 0.979. The molecular weight excluding hydrogens is 126 g/mol. The maximum Gasteiger partial charge on any atom is 0.119 e. The lowest BCUT2D eigenvalue weighted by atomic mass is 10.5. The van der Waals surface area contributed by atoms with Gasteiger partial charge < -0.3 is 15.5 Å². The summed E-state index contributed by atoms with van der Waals surface area (Å²) in [5.41, 5.74) is 0. The molecule has 0 amide bonds. The van der Waals surface area contributed by atoms with Gasteiger partial charge in [-0.1, -0.05) is 0 Å². The Labute approximate surface area is 62.1 Å². The molecule has 1 unspecified atom stereocenters. The summed E-state index contributed by atoms with van der Waals surface area (Å²) in [4.78, 5) is 2.17. The minimum atomic E-state index is 0.425. The van der Waals surface area contributed by atoms with Gasteiger partial charge >= 0.3 is 0 Å². The molecule has 0 fully saturated rings. The van der Waals surface area contributed by atoms with Crippen LogP contribution in [0.1, 0.15) is 13.8 Å². The minimum Gasteiger partial charge on any atom is -0.371 e. The van der Waals surface area contributed by atoms with E-state index in [0.717, 1.165) is 6.54 Å². The largest absolute Gasteiger partial charge is 0.371 e. The van der Waals surface area contributed by atoms with E-state index >= 15 is 0 Å². The molecule has 1 rings (SSSR count). The van der Waals surface area contributed by atoms with Crippen LogP contribution >= 0.6 is 0 Å². The summed E-state index contributed by atoms with van der Waals surface area (Å²) in [5.74, 6) is 1.18. The molecule has 0 saturated heterocycles. The predicted octanol–water partition coefficient (Wildman–Crippen LogP) is 0.276. The molecule has 58 valence electrons. The standard InChI is InChI=1S/C7H15N3/c1-4-8-7-5-9-6(2)10(7)3/h5-6,8-9H,4H2,1-3H3. The van der Waals surface area contributed by atoms with E-state index in [1.807, 2.05) is 6.20 Å². The third-order valence-corrected chi connectivity index (χ3v) is 1.78. The van der Waals surface area contributed by atoms with Gasteiger partial charge in [0.15, 0.2) is 0 Å². The van der Waals surface area contributed by atoms with Gasteiger partial charge in [-0.15, -0.1) is 0 Å².